The number of nitrogens with one attached hydrogen (secondary N) is 1. The summed E-state index contributed by atoms with van der Waals surface area (Å²) in [4.78, 5) is 14.6. The molecule has 1 aromatic rings. The van der Waals surface area contributed by atoms with Gasteiger partial charge in [-0.2, -0.15) is 0 Å². The first-order valence-electron chi connectivity index (χ1n) is 5.30. The number of carbonyl (C=O) groups is 1. The molecule has 1 aliphatic heterocycles. The summed E-state index contributed by atoms with van der Waals surface area (Å²) in [7, 11) is 0. The third-order valence-corrected chi connectivity index (χ3v) is 2.36. The molecule has 0 saturated heterocycles. The summed E-state index contributed by atoms with van der Waals surface area (Å²) in [5.41, 5.74) is 0.412. The maximum absolute atomic E-state index is 10.4. The molecule has 0 atom stereocenters. The molecule has 98 valence electrons. The fraction of sp³-hybridized carbons (Fsp3) is 0.333. The maximum Gasteiger partial charge on any atom is 0.328 e. The summed E-state index contributed by atoms with van der Waals surface area (Å²) in [6.45, 7) is 4.64. The molecule has 18 heavy (non-hydrogen) atoms. The van der Waals surface area contributed by atoms with Crippen LogP contribution in [0.1, 0.15) is 19.4 Å². The lowest BCUT2D eigenvalue weighted by atomic mass is 10.1. The number of aliphatic carboxylic acids is 1. The van der Waals surface area contributed by atoms with Crippen molar-refractivity contribution < 1.29 is 14.6 Å². The van der Waals surface area contributed by atoms with Crippen LogP contribution in [0.3, 0.4) is 0 Å². The maximum atomic E-state index is 10.4. The van der Waals surface area contributed by atoms with Crippen molar-refractivity contribution in [1.29, 1.82) is 0 Å². The number of anilines is 1. The van der Waals surface area contributed by atoms with Crippen LogP contribution >= 0.6 is 12.4 Å². The van der Waals surface area contributed by atoms with Crippen molar-refractivity contribution in [2.24, 2.45) is 0 Å². The molecule has 5 nitrogen and oxygen atoms in total. The lowest BCUT2D eigenvalue weighted by Gasteiger charge is -2.32. The third kappa shape index (κ3) is 3.37. The standard InChI is InChI=1S/C12H14N2O3.ClH/c1-12(2)7-14-11-9(17-12)5-8(6-13-11)3-4-10(15)16;/h3-6H,7H2,1-2H3,(H,13,14)(H,15,16);1H. The van der Waals surface area contributed by atoms with Gasteiger partial charge in [0.25, 0.3) is 0 Å². The molecule has 0 saturated carbocycles. The van der Waals surface area contributed by atoms with E-state index in [4.69, 9.17) is 9.84 Å². The highest BCUT2D eigenvalue weighted by molar-refractivity contribution is 5.85. The Hall–Kier alpha value is -1.75. The molecule has 1 aromatic heterocycles. The minimum absolute atomic E-state index is 0. The van der Waals surface area contributed by atoms with Gasteiger partial charge in [-0.1, -0.05) is 0 Å². The second kappa shape index (κ2) is 5.27. The Kier molecular flexibility index (Phi) is 4.19. The molecule has 0 radical (unpaired) electrons. The summed E-state index contributed by atoms with van der Waals surface area (Å²) in [6, 6.07) is 1.77. The number of hydrogen-bond donors (Lipinski definition) is 2. The molecule has 0 bridgehead atoms. The average molecular weight is 271 g/mol. The van der Waals surface area contributed by atoms with E-state index in [2.05, 4.69) is 10.3 Å². The smallest absolute Gasteiger partial charge is 0.328 e. The number of aromatic nitrogens is 1. The lowest BCUT2D eigenvalue weighted by molar-refractivity contribution is -0.131. The topological polar surface area (TPSA) is 71.5 Å². The minimum atomic E-state index is -0.984. The van der Waals surface area contributed by atoms with E-state index >= 15 is 0 Å². The van der Waals surface area contributed by atoms with Crippen LogP contribution in [-0.2, 0) is 4.79 Å². The van der Waals surface area contributed by atoms with Gasteiger partial charge in [-0.3, -0.25) is 0 Å². The second-order valence-corrected chi connectivity index (χ2v) is 4.50. The van der Waals surface area contributed by atoms with Gasteiger partial charge in [0.1, 0.15) is 5.60 Å². The molecule has 2 heterocycles. The van der Waals surface area contributed by atoms with Crippen LogP contribution in [0.4, 0.5) is 5.82 Å². The predicted octanol–water partition coefficient (Wildman–Crippen LogP) is 2.18. The monoisotopic (exact) mass is 270 g/mol. The van der Waals surface area contributed by atoms with Crippen molar-refractivity contribution in [2.75, 3.05) is 11.9 Å². The van der Waals surface area contributed by atoms with E-state index in [-0.39, 0.29) is 18.0 Å². The summed E-state index contributed by atoms with van der Waals surface area (Å²) >= 11 is 0. The molecule has 0 spiro atoms. The number of halogens is 1. The first-order valence-corrected chi connectivity index (χ1v) is 5.30. The summed E-state index contributed by atoms with van der Waals surface area (Å²) in [5, 5.41) is 11.7. The number of hydrogen-bond acceptors (Lipinski definition) is 4. The number of carboxylic acids is 1. The number of rotatable bonds is 2. The quantitative estimate of drug-likeness (QED) is 0.806. The van der Waals surface area contributed by atoms with Crippen LogP contribution < -0.4 is 10.1 Å². The van der Waals surface area contributed by atoms with Gasteiger partial charge in [0.05, 0.1) is 6.54 Å². The van der Waals surface area contributed by atoms with Crippen molar-refractivity contribution in [3.05, 3.63) is 23.9 Å². The number of ether oxygens (including phenoxy) is 1. The van der Waals surface area contributed by atoms with Crippen LogP contribution in [0.2, 0.25) is 0 Å². The van der Waals surface area contributed by atoms with E-state index in [1.807, 2.05) is 13.8 Å². The lowest BCUT2D eigenvalue weighted by Crippen LogP contribution is -2.40. The molecule has 0 fully saturated rings. The SMILES string of the molecule is CC1(C)CNc2ncc(C=CC(=O)O)cc2O1.Cl. The molecule has 1 aliphatic rings. The first-order chi connectivity index (χ1) is 7.96. The Morgan fingerprint density at radius 3 is 3.00 bits per heavy atom. The Labute approximate surface area is 111 Å². The van der Waals surface area contributed by atoms with E-state index in [1.165, 1.54) is 6.08 Å². The predicted molar refractivity (Wildman–Crippen MR) is 71.4 cm³/mol. The highest BCUT2D eigenvalue weighted by Crippen LogP contribution is 2.31. The number of nitrogens with zero attached hydrogens (tertiary/aromatic N) is 1. The van der Waals surface area contributed by atoms with Gasteiger partial charge in [0, 0.05) is 12.3 Å². The average Bonchev–Trinajstić information content (AvgIpc) is 2.24. The summed E-state index contributed by atoms with van der Waals surface area (Å²) < 4.78 is 5.76. The molecule has 0 aliphatic carbocycles. The van der Waals surface area contributed by atoms with E-state index in [9.17, 15) is 4.79 Å². The molecule has 0 unspecified atom stereocenters. The molecule has 2 rings (SSSR count). The van der Waals surface area contributed by atoms with Gasteiger partial charge in [0.15, 0.2) is 11.6 Å². The number of fused-ring (bicyclic) bond motifs is 1. The Bertz CT molecular complexity index is 486. The highest BCUT2D eigenvalue weighted by atomic mass is 35.5. The molecule has 2 N–H and O–H groups in total. The second-order valence-electron chi connectivity index (χ2n) is 4.50. The fourth-order valence-corrected chi connectivity index (χ4v) is 1.56. The van der Waals surface area contributed by atoms with Crippen molar-refractivity contribution in [2.45, 2.75) is 19.4 Å². The number of pyridine rings is 1. The largest absolute Gasteiger partial charge is 0.482 e. The zero-order valence-corrected chi connectivity index (χ0v) is 11.0. The highest BCUT2D eigenvalue weighted by Gasteiger charge is 2.26. The Balaban J connectivity index is 0.00000162. The van der Waals surface area contributed by atoms with Crippen LogP contribution in [0.25, 0.3) is 6.08 Å². The van der Waals surface area contributed by atoms with Gasteiger partial charge in [-0.05, 0) is 31.6 Å². The van der Waals surface area contributed by atoms with E-state index in [0.717, 1.165) is 6.08 Å². The fourth-order valence-electron chi connectivity index (χ4n) is 1.56. The van der Waals surface area contributed by atoms with E-state index < -0.39 is 5.97 Å². The van der Waals surface area contributed by atoms with Gasteiger partial charge in [-0.25, -0.2) is 9.78 Å². The zero-order valence-electron chi connectivity index (χ0n) is 10.1. The molecular formula is C12H15ClN2O3. The van der Waals surface area contributed by atoms with Gasteiger partial charge < -0.3 is 15.2 Å². The molecule has 6 heteroatoms. The van der Waals surface area contributed by atoms with E-state index in [1.54, 1.807) is 12.3 Å². The molecule has 0 aromatic carbocycles. The number of carboxylic acid groups (broad SMARTS) is 1. The van der Waals surface area contributed by atoms with Crippen LogP contribution in [0, 0.1) is 0 Å². The molecular weight excluding hydrogens is 256 g/mol. The van der Waals surface area contributed by atoms with Crippen molar-refractivity contribution in [3.8, 4) is 5.75 Å². The van der Waals surface area contributed by atoms with Gasteiger partial charge >= 0.3 is 5.97 Å². The summed E-state index contributed by atoms with van der Waals surface area (Å²) in [5.74, 6) is 0.354. The van der Waals surface area contributed by atoms with Crippen molar-refractivity contribution in [1.82, 2.24) is 4.98 Å². The Morgan fingerprint density at radius 2 is 2.33 bits per heavy atom. The first kappa shape index (κ1) is 14.3. The van der Waals surface area contributed by atoms with Crippen LogP contribution in [0.15, 0.2) is 18.3 Å². The van der Waals surface area contributed by atoms with Crippen molar-refractivity contribution >= 4 is 30.3 Å². The van der Waals surface area contributed by atoms with Crippen molar-refractivity contribution in [3.63, 3.8) is 0 Å². The zero-order chi connectivity index (χ0) is 12.5. The minimum Gasteiger partial charge on any atom is -0.482 e. The van der Waals surface area contributed by atoms with E-state index in [0.29, 0.717) is 23.7 Å². The van der Waals surface area contributed by atoms with Gasteiger partial charge in [-0.15, -0.1) is 12.4 Å². The van der Waals surface area contributed by atoms with Gasteiger partial charge in [0.2, 0.25) is 0 Å². The third-order valence-electron chi connectivity index (χ3n) is 2.36. The van der Waals surface area contributed by atoms with Crippen LogP contribution in [0.5, 0.6) is 5.75 Å². The molecule has 0 amide bonds. The normalized spacial score (nSPS) is 16.1. The Morgan fingerprint density at radius 1 is 1.61 bits per heavy atom. The summed E-state index contributed by atoms with van der Waals surface area (Å²) in [6.07, 6.45) is 4.17. The van der Waals surface area contributed by atoms with Crippen LogP contribution in [-0.4, -0.2) is 28.2 Å².